The average Bonchev–Trinajstić information content (AvgIpc) is 3.10. The maximum absolute atomic E-state index is 11.7. The van der Waals surface area contributed by atoms with Gasteiger partial charge in [0.05, 0.1) is 12.4 Å². The van der Waals surface area contributed by atoms with E-state index in [1.165, 1.54) is 12.5 Å². The minimum absolute atomic E-state index is 0.00855. The third-order valence-electron chi connectivity index (χ3n) is 2.83. The lowest BCUT2D eigenvalue weighted by Crippen LogP contribution is -2.38. The van der Waals surface area contributed by atoms with Crippen LogP contribution in [0.3, 0.4) is 0 Å². The standard InChI is InChI=1S/C13H16N4O3S/c1-9(11-3-2-6-21-11)16-13(20)14-4-5-17-7-10(12(18)19)15-8-17/h2-3,6-9H,4-5H2,1H3,(H,18,19)(H2,14,16,20). The Bertz CT molecular complexity index is 609. The zero-order chi connectivity index (χ0) is 15.2. The molecule has 7 nitrogen and oxygen atoms in total. The lowest BCUT2D eigenvalue weighted by Gasteiger charge is -2.13. The summed E-state index contributed by atoms with van der Waals surface area (Å²) in [5.41, 5.74) is -0.00855. The minimum Gasteiger partial charge on any atom is -0.476 e. The summed E-state index contributed by atoms with van der Waals surface area (Å²) in [5.74, 6) is -1.07. The van der Waals surface area contributed by atoms with E-state index in [0.29, 0.717) is 13.1 Å². The van der Waals surface area contributed by atoms with Gasteiger partial charge in [0.1, 0.15) is 0 Å². The average molecular weight is 308 g/mol. The van der Waals surface area contributed by atoms with Crippen LogP contribution in [-0.4, -0.2) is 33.2 Å². The Morgan fingerprint density at radius 1 is 1.52 bits per heavy atom. The predicted molar refractivity (Wildman–Crippen MR) is 78.5 cm³/mol. The van der Waals surface area contributed by atoms with Crippen molar-refractivity contribution in [2.24, 2.45) is 0 Å². The molecule has 2 aromatic rings. The number of imidazole rings is 1. The fraction of sp³-hybridized carbons (Fsp3) is 0.308. The van der Waals surface area contributed by atoms with E-state index < -0.39 is 5.97 Å². The fourth-order valence-corrected chi connectivity index (χ4v) is 2.48. The van der Waals surface area contributed by atoms with Gasteiger partial charge in [0.2, 0.25) is 0 Å². The van der Waals surface area contributed by atoms with Crippen molar-refractivity contribution < 1.29 is 14.7 Å². The molecule has 0 aliphatic rings. The van der Waals surface area contributed by atoms with Crippen molar-refractivity contribution in [1.29, 1.82) is 0 Å². The number of carbonyl (C=O) groups excluding carboxylic acids is 1. The normalized spacial score (nSPS) is 11.9. The van der Waals surface area contributed by atoms with Crippen LogP contribution < -0.4 is 10.6 Å². The van der Waals surface area contributed by atoms with E-state index >= 15 is 0 Å². The first kappa shape index (κ1) is 15.0. The minimum atomic E-state index is -1.07. The highest BCUT2D eigenvalue weighted by Gasteiger charge is 2.10. The molecule has 0 radical (unpaired) electrons. The maximum atomic E-state index is 11.7. The lowest BCUT2D eigenvalue weighted by atomic mass is 10.3. The van der Waals surface area contributed by atoms with Crippen LogP contribution in [0.5, 0.6) is 0 Å². The third kappa shape index (κ3) is 4.32. The first-order valence-corrected chi connectivity index (χ1v) is 7.27. The molecule has 0 aliphatic heterocycles. The first-order chi connectivity index (χ1) is 10.1. The molecule has 0 aliphatic carbocycles. The van der Waals surface area contributed by atoms with Crippen LogP contribution in [0, 0.1) is 0 Å². The van der Waals surface area contributed by atoms with Gasteiger partial charge in [0.15, 0.2) is 5.69 Å². The zero-order valence-electron chi connectivity index (χ0n) is 11.4. The smallest absolute Gasteiger partial charge is 0.356 e. The first-order valence-electron chi connectivity index (χ1n) is 6.39. The topological polar surface area (TPSA) is 96.3 Å². The number of aromatic nitrogens is 2. The molecule has 0 fully saturated rings. The molecule has 8 heteroatoms. The summed E-state index contributed by atoms with van der Waals surface area (Å²) in [6.45, 7) is 2.76. The Kier molecular flexibility index (Phi) is 4.94. The predicted octanol–water partition coefficient (Wildman–Crippen LogP) is 1.70. The van der Waals surface area contributed by atoms with Crippen molar-refractivity contribution in [3.05, 3.63) is 40.6 Å². The van der Waals surface area contributed by atoms with Gasteiger partial charge in [-0.15, -0.1) is 11.3 Å². The molecule has 0 spiro atoms. The molecule has 3 N–H and O–H groups in total. The number of hydrogen-bond acceptors (Lipinski definition) is 4. The van der Waals surface area contributed by atoms with Crippen molar-refractivity contribution in [2.45, 2.75) is 19.5 Å². The Morgan fingerprint density at radius 3 is 2.95 bits per heavy atom. The third-order valence-corrected chi connectivity index (χ3v) is 3.88. The van der Waals surface area contributed by atoms with E-state index in [2.05, 4.69) is 15.6 Å². The van der Waals surface area contributed by atoms with Crippen LogP contribution in [0.1, 0.15) is 28.3 Å². The van der Waals surface area contributed by atoms with Crippen LogP contribution in [0.2, 0.25) is 0 Å². The zero-order valence-corrected chi connectivity index (χ0v) is 12.3. The highest BCUT2D eigenvalue weighted by molar-refractivity contribution is 7.10. The molecule has 2 heterocycles. The number of aromatic carboxylic acids is 1. The van der Waals surface area contributed by atoms with Crippen molar-refractivity contribution in [1.82, 2.24) is 20.2 Å². The molecular formula is C13H16N4O3S. The molecule has 0 saturated carbocycles. The van der Waals surface area contributed by atoms with Gasteiger partial charge in [-0.05, 0) is 18.4 Å². The van der Waals surface area contributed by atoms with Gasteiger partial charge in [0, 0.05) is 24.2 Å². The Balaban J connectivity index is 1.72. The number of urea groups is 1. The Hall–Kier alpha value is -2.35. The molecule has 1 atom stereocenters. The van der Waals surface area contributed by atoms with Gasteiger partial charge in [-0.25, -0.2) is 14.6 Å². The lowest BCUT2D eigenvalue weighted by molar-refractivity contribution is 0.0691. The van der Waals surface area contributed by atoms with Crippen LogP contribution in [0.4, 0.5) is 4.79 Å². The largest absolute Gasteiger partial charge is 0.476 e. The van der Waals surface area contributed by atoms with Crippen LogP contribution in [0.25, 0.3) is 0 Å². The van der Waals surface area contributed by atoms with E-state index in [0.717, 1.165) is 4.88 Å². The van der Waals surface area contributed by atoms with E-state index in [-0.39, 0.29) is 17.8 Å². The van der Waals surface area contributed by atoms with Gasteiger partial charge in [-0.2, -0.15) is 0 Å². The van der Waals surface area contributed by atoms with Gasteiger partial charge in [-0.3, -0.25) is 0 Å². The Morgan fingerprint density at radius 2 is 2.33 bits per heavy atom. The monoisotopic (exact) mass is 308 g/mol. The molecule has 2 amide bonds. The molecule has 112 valence electrons. The second-order valence-corrected chi connectivity index (χ2v) is 5.42. The van der Waals surface area contributed by atoms with E-state index in [4.69, 9.17) is 5.11 Å². The number of carbonyl (C=O) groups is 2. The van der Waals surface area contributed by atoms with Crippen molar-refractivity contribution >= 4 is 23.3 Å². The van der Waals surface area contributed by atoms with E-state index in [1.54, 1.807) is 15.9 Å². The number of thiophene rings is 1. The Labute approximate surface area is 125 Å². The summed E-state index contributed by atoms with van der Waals surface area (Å²) in [5, 5.41) is 16.3. The highest BCUT2D eigenvalue weighted by Crippen LogP contribution is 2.17. The second-order valence-electron chi connectivity index (χ2n) is 4.44. The number of carboxylic acid groups (broad SMARTS) is 1. The maximum Gasteiger partial charge on any atom is 0.356 e. The van der Waals surface area contributed by atoms with E-state index in [9.17, 15) is 9.59 Å². The summed E-state index contributed by atoms with van der Waals surface area (Å²) < 4.78 is 1.62. The summed E-state index contributed by atoms with van der Waals surface area (Å²) in [4.78, 5) is 27.2. The number of carboxylic acids is 1. The van der Waals surface area contributed by atoms with Gasteiger partial charge in [-0.1, -0.05) is 6.07 Å². The number of nitrogens with zero attached hydrogens (tertiary/aromatic N) is 2. The number of amides is 2. The highest BCUT2D eigenvalue weighted by atomic mass is 32.1. The van der Waals surface area contributed by atoms with Crippen molar-refractivity contribution in [3.8, 4) is 0 Å². The summed E-state index contributed by atoms with van der Waals surface area (Å²) >= 11 is 1.59. The number of hydrogen-bond donors (Lipinski definition) is 3. The molecule has 0 bridgehead atoms. The molecule has 0 aromatic carbocycles. The van der Waals surface area contributed by atoms with Crippen LogP contribution in [-0.2, 0) is 6.54 Å². The molecule has 0 saturated heterocycles. The summed E-state index contributed by atoms with van der Waals surface area (Å²) in [6, 6.07) is 3.61. The van der Waals surface area contributed by atoms with Crippen LogP contribution in [0.15, 0.2) is 30.0 Å². The molecular weight excluding hydrogens is 292 g/mol. The molecule has 2 aromatic heterocycles. The second kappa shape index (κ2) is 6.89. The number of rotatable bonds is 6. The van der Waals surface area contributed by atoms with Crippen molar-refractivity contribution in [3.63, 3.8) is 0 Å². The van der Waals surface area contributed by atoms with Gasteiger partial charge >= 0.3 is 12.0 Å². The molecule has 2 rings (SSSR count). The van der Waals surface area contributed by atoms with Gasteiger partial charge in [0.25, 0.3) is 0 Å². The summed E-state index contributed by atoms with van der Waals surface area (Å²) in [7, 11) is 0. The van der Waals surface area contributed by atoms with Gasteiger partial charge < -0.3 is 20.3 Å². The number of nitrogens with one attached hydrogen (secondary N) is 2. The molecule has 1 unspecified atom stereocenters. The van der Waals surface area contributed by atoms with Crippen molar-refractivity contribution in [2.75, 3.05) is 6.54 Å². The van der Waals surface area contributed by atoms with Crippen LogP contribution >= 0.6 is 11.3 Å². The molecule has 21 heavy (non-hydrogen) atoms. The fourth-order valence-electron chi connectivity index (χ4n) is 1.75. The van der Waals surface area contributed by atoms with E-state index in [1.807, 2.05) is 24.4 Å². The SMILES string of the molecule is CC(NC(=O)NCCn1cnc(C(=O)O)c1)c1cccs1. The quantitative estimate of drug-likeness (QED) is 0.757. The summed E-state index contributed by atoms with van der Waals surface area (Å²) in [6.07, 6.45) is 2.85.